The van der Waals surface area contributed by atoms with Gasteiger partial charge in [-0.05, 0) is 64.9 Å². The number of aliphatic hydroxyl groups is 1. The largest absolute Gasteiger partial charge is 0.383 e. The van der Waals surface area contributed by atoms with Gasteiger partial charge in [-0.1, -0.05) is 59.6 Å². The smallest absolute Gasteiger partial charge is 0.115 e. The second-order valence-corrected chi connectivity index (χ2v) is 10.1. The summed E-state index contributed by atoms with van der Waals surface area (Å²) in [6.07, 6.45) is 6.44. The second kappa shape index (κ2) is 8.45. The van der Waals surface area contributed by atoms with Crippen molar-refractivity contribution in [2.75, 3.05) is 0 Å². The van der Waals surface area contributed by atoms with Crippen LogP contribution in [-0.2, 0) is 5.60 Å². The molecule has 3 heterocycles. The van der Waals surface area contributed by atoms with Crippen molar-refractivity contribution in [2.24, 2.45) is 0 Å². The normalized spacial score (nSPS) is 25.8. The van der Waals surface area contributed by atoms with Crippen LogP contribution in [0.3, 0.4) is 0 Å². The molecule has 160 valence electrons. The summed E-state index contributed by atoms with van der Waals surface area (Å²) in [5, 5.41) is 13.1. The van der Waals surface area contributed by atoms with Crippen LogP contribution >= 0.6 is 39.1 Å². The summed E-state index contributed by atoms with van der Waals surface area (Å²) in [5.74, 6) is 0. The molecule has 0 amide bonds. The molecule has 0 spiro atoms. The lowest BCUT2D eigenvalue weighted by Crippen LogP contribution is -2.51. The molecule has 2 aromatic carbocycles. The highest BCUT2D eigenvalue weighted by Crippen LogP contribution is 2.52. The lowest BCUT2D eigenvalue weighted by atomic mass is 9.81. The first-order chi connectivity index (χ1) is 15.0. The average Bonchev–Trinajstić information content (AvgIpc) is 3.02. The Morgan fingerprint density at radius 1 is 0.968 bits per heavy atom. The summed E-state index contributed by atoms with van der Waals surface area (Å²) in [6, 6.07) is 16.3. The van der Waals surface area contributed by atoms with Gasteiger partial charge < -0.3 is 5.11 Å². The van der Waals surface area contributed by atoms with E-state index in [1.807, 2.05) is 36.4 Å². The van der Waals surface area contributed by atoms with Gasteiger partial charge in [0.2, 0.25) is 0 Å². The minimum atomic E-state index is -0.990. The molecule has 2 atom stereocenters. The van der Waals surface area contributed by atoms with E-state index in [2.05, 4.69) is 42.9 Å². The number of rotatable bonds is 4. The summed E-state index contributed by atoms with van der Waals surface area (Å²) in [5.41, 5.74) is 1.77. The number of benzene rings is 2. The molecule has 2 unspecified atom stereocenters. The quantitative estimate of drug-likeness (QED) is 0.450. The molecule has 7 heteroatoms. The van der Waals surface area contributed by atoms with Crippen LogP contribution in [0.4, 0.5) is 0 Å². The maximum absolute atomic E-state index is 11.7. The van der Waals surface area contributed by atoms with E-state index in [1.54, 1.807) is 6.20 Å². The molecule has 5 rings (SSSR count). The Bertz CT molecular complexity index is 1050. The highest BCUT2D eigenvalue weighted by molar-refractivity contribution is 9.10. The lowest BCUT2D eigenvalue weighted by Gasteiger charge is -2.47. The molecule has 3 aromatic rings. The molecule has 2 saturated heterocycles. The second-order valence-electron chi connectivity index (χ2n) is 8.44. The number of aromatic nitrogens is 2. The molecule has 0 aliphatic carbocycles. The minimum absolute atomic E-state index is 0.0710. The van der Waals surface area contributed by atoms with Gasteiger partial charge in [-0.3, -0.25) is 4.90 Å². The zero-order valence-corrected chi connectivity index (χ0v) is 19.9. The van der Waals surface area contributed by atoms with Crippen LogP contribution < -0.4 is 0 Å². The van der Waals surface area contributed by atoms with E-state index >= 15 is 0 Å². The van der Waals surface area contributed by atoms with Crippen molar-refractivity contribution in [1.29, 1.82) is 0 Å². The summed E-state index contributed by atoms with van der Waals surface area (Å²) < 4.78 is 0.749. The summed E-state index contributed by atoms with van der Waals surface area (Å²) in [7, 11) is 0. The summed E-state index contributed by atoms with van der Waals surface area (Å²) in [4.78, 5) is 11.0. The number of halogens is 3. The zero-order valence-electron chi connectivity index (χ0n) is 16.8. The van der Waals surface area contributed by atoms with Crippen molar-refractivity contribution in [2.45, 2.75) is 49.4 Å². The van der Waals surface area contributed by atoms with Gasteiger partial charge in [0, 0.05) is 28.3 Å². The van der Waals surface area contributed by atoms with E-state index < -0.39 is 5.60 Å². The highest BCUT2D eigenvalue weighted by atomic mass is 79.9. The SMILES string of the molecule is OC1(c2ncncc2Br)CC2CCC(C1)N2C(c1ccccc1Cl)c1ccccc1Cl. The third-order valence-electron chi connectivity index (χ3n) is 6.63. The molecule has 2 fully saturated rings. The van der Waals surface area contributed by atoms with Gasteiger partial charge in [-0.15, -0.1) is 0 Å². The summed E-state index contributed by atoms with van der Waals surface area (Å²) >= 11 is 16.9. The number of nitrogens with zero attached hydrogens (tertiary/aromatic N) is 3. The Kier molecular flexibility index (Phi) is 5.82. The van der Waals surface area contributed by atoms with Crippen molar-refractivity contribution in [3.8, 4) is 0 Å². The molecule has 31 heavy (non-hydrogen) atoms. The topological polar surface area (TPSA) is 49.3 Å². The Morgan fingerprint density at radius 3 is 2.03 bits per heavy atom. The van der Waals surface area contributed by atoms with E-state index in [4.69, 9.17) is 23.2 Å². The highest BCUT2D eigenvalue weighted by Gasteiger charge is 2.52. The molecular weight excluding hydrogens is 497 g/mol. The van der Waals surface area contributed by atoms with Gasteiger partial charge in [0.25, 0.3) is 0 Å². The Labute approximate surface area is 200 Å². The molecule has 4 nitrogen and oxygen atoms in total. The van der Waals surface area contributed by atoms with E-state index in [-0.39, 0.29) is 18.1 Å². The van der Waals surface area contributed by atoms with Crippen LogP contribution in [0.5, 0.6) is 0 Å². The first kappa shape index (κ1) is 21.4. The first-order valence-electron chi connectivity index (χ1n) is 10.4. The molecule has 1 aromatic heterocycles. The minimum Gasteiger partial charge on any atom is -0.383 e. The van der Waals surface area contributed by atoms with Crippen LogP contribution in [0.1, 0.15) is 48.5 Å². The van der Waals surface area contributed by atoms with Gasteiger partial charge in [0.05, 0.1) is 16.2 Å². The molecule has 0 saturated carbocycles. The fourth-order valence-corrected chi connectivity index (χ4v) is 6.48. The molecular formula is C24H22BrCl2N3O. The van der Waals surface area contributed by atoms with Crippen molar-refractivity contribution >= 4 is 39.1 Å². The third kappa shape index (κ3) is 3.81. The van der Waals surface area contributed by atoms with E-state index in [0.717, 1.165) is 38.5 Å². The zero-order chi connectivity index (χ0) is 21.6. The van der Waals surface area contributed by atoms with Gasteiger partial charge in [-0.2, -0.15) is 0 Å². The van der Waals surface area contributed by atoms with Gasteiger partial charge >= 0.3 is 0 Å². The Hall–Kier alpha value is -1.50. The number of fused-ring (bicyclic) bond motifs is 2. The van der Waals surface area contributed by atoms with Crippen LogP contribution in [0.2, 0.25) is 10.0 Å². The van der Waals surface area contributed by atoms with Crippen molar-refractivity contribution in [3.05, 3.63) is 92.4 Å². The molecule has 0 radical (unpaired) electrons. The molecule has 2 bridgehead atoms. The van der Waals surface area contributed by atoms with Gasteiger partial charge in [-0.25, -0.2) is 9.97 Å². The van der Waals surface area contributed by atoms with Crippen LogP contribution in [0.15, 0.2) is 65.5 Å². The van der Waals surface area contributed by atoms with Crippen LogP contribution in [0.25, 0.3) is 0 Å². The molecule has 2 aliphatic heterocycles. The molecule has 2 aliphatic rings. The Balaban J connectivity index is 1.57. The number of hydrogen-bond donors (Lipinski definition) is 1. The predicted molar refractivity (Wildman–Crippen MR) is 126 cm³/mol. The van der Waals surface area contributed by atoms with E-state index in [1.165, 1.54) is 6.33 Å². The average molecular weight is 519 g/mol. The Morgan fingerprint density at radius 2 is 1.52 bits per heavy atom. The maximum atomic E-state index is 11.7. The summed E-state index contributed by atoms with van der Waals surface area (Å²) in [6.45, 7) is 0. The number of hydrogen-bond acceptors (Lipinski definition) is 4. The van der Waals surface area contributed by atoms with Crippen molar-refractivity contribution in [1.82, 2.24) is 14.9 Å². The van der Waals surface area contributed by atoms with E-state index in [0.29, 0.717) is 18.5 Å². The number of piperidine rings is 1. The van der Waals surface area contributed by atoms with Crippen LogP contribution in [0, 0.1) is 0 Å². The third-order valence-corrected chi connectivity index (χ3v) is 7.90. The fourth-order valence-electron chi connectivity index (χ4n) is 5.41. The van der Waals surface area contributed by atoms with Crippen molar-refractivity contribution < 1.29 is 5.11 Å². The predicted octanol–water partition coefficient (Wildman–Crippen LogP) is 6.15. The lowest BCUT2D eigenvalue weighted by molar-refractivity contribution is -0.0689. The van der Waals surface area contributed by atoms with Crippen LogP contribution in [-0.4, -0.2) is 32.1 Å². The fraction of sp³-hybridized carbons (Fsp3) is 0.333. The van der Waals surface area contributed by atoms with Gasteiger partial charge in [0.1, 0.15) is 11.9 Å². The maximum Gasteiger partial charge on any atom is 0.115 e. The van der Waals surface area contributed by atoms with E-state index in [9.17, 15) is 5.11 Å². The van der Waals surface area contributed by atoms with Gasteiger partial charge in [0.15, 0.2) is 0 Å². The monoisotopic (exact) mass is 517 g/mol. The first-order valence-corrected chi connectivity index (χ1v) is 12.0. The standard InChI is InChI=1S/C24H22BrCl2N3O/c25-19-13-28-14-29-23(19)24(31)11-15-9-10-16(12-24)30(15)22(17-5-1-3-7-20(17)26)18-6-2-4-8-21(18)27/h1-8,13-16,22,31H,9-12H2. The van der Waals surface area contributed by atoms with Crippen molar-refractivity contribution in [3.63, 3.8) is 0 Å². The molecule has 1 N–H and O–H groups in total.